The number of amides is 1. The van der Waals surface area contributed by atoms with Crippen molar-refractivity contribution in [3.8, 4) is 0 Å². The lowest BCUT2D eigenvalue weighted by atomic mass is 10.00. The summed E-state index contributed by atoms with van der Waals surface area (Å²) < 4.78 is 6.04. The van der Waals surface area contributed by atoms with Gasteiger partial charge in [-0.1, -0.05) is 90.8 Å². The van der Waals surface area contributed by atoms with Crippen LogP contribution in [0.5, 0.6) is 0 Å². The Bertz CT molecular complexity index is 543. The zero-order valence-corrected chi connectivity index (χ0v) is 20.9. The number of carbonyl (C=O) groups excluding carboxylic acids is 1. The minimum absolute atomic E-state index is 0.108. The maximum absolute atomic E-state index is 11.6. The molecular weight excluding hydrogens is 374 g/mol. The third-order valence-electron chi connectivity index (χ3n) is 6.82. The van der Waals surface area contributed by atoms with Crippen LogP contribution in [0.25, 0.3) is 0 Å². The van der Waals surface area contributed by atoms with Gasteiger partial charge in [-0.2, -0.15) is 0 Å². The van der Waals surface area contributed by atoms with Crippen LogP contribution in [0.1, 0.15) is 104 Å². The third kappa shape index (κ3) is 9.11. The van der Waals surface area contributed by atoms with Gasteiger partial charge in [0.1, 0.15) is 8.07 Å². The first-order valence-corrected chi connectivity index (χ1v) is 15.0. The molecule has 0 saturated carbocycles. The zero-order valence-electron chi connectivity index (χ0n) is 19.9. The molecule has 0 radical (unpaired) electrons. The lowest BCUT2D eigenvalue weighted by molar-refractivity contribution is -0.119. The quantitative estimate of drug-likeness (QED) is 0.218. The van der Waals surface area contributed by atoms with Crippen LogP contribution in [0, 0.1) is 0 Å². The van der Waals surface area contributed by atoms with Crippen molar-refractivity contribution in [2.45, 2.75) is 129 Å². The van der Waals surface area contributed by atoms with Crippen LogP contribution in [0.4, 0.5) is 0 Å². The minimum Gasteiger partial charge on any atom is -0.474 e. The molecule has 0 fully saturated rings. The van der Waals surface area contributed by atoms with Crippen molar-refractivity contribution in [2.75, 3.05) is 0 Å². The van der Waals surface area contributed by atoms with Crippen LogP contribution < -0.4 is 10.7 Å². The van der Waals surface area contributed by atoms with Gasteiger partial charge in [0.05, 0.1) is 11.6 Å². The van der Waals surface area contributed by atoms with Gasteiger partial charge in [0, 0.05) is 13.0 Å². The summed E-state index contributed by atoms with van der Waals surface area (Å²) in [4.78, 5) is 11.6. The van der Waals surface area contributed by atoms with E-state index in [1.54, 1.807) is 6.92 Å². The molecule has 1 rings (SSSR count). The average Bonchev–Trinajstić information content (AvgIpc) is 3.17. The molecule has 0 aliphatic carbocycles. The van der Waals surface area contributed by atoms with Crippen LogP contribution in [0.2, 0.25) is 18.1 Å². The van der Waals surface area contributed by atoms with Gasteiger partial charge in [-0.25, -0.2) is 0 Å². The second-order valence-corrected chi connectivity index (χ2v) is 14.0. The molecule has 1 atom stereocenters. The molecule has 29 heavy (non-hydrogen) atoms. The Labute approximate surface area is 181 Å². The van der Waals surface area contributed by atoms with E-state index in [4.69, 9.17) is 4.42 Å². The number of carbonyl (C=O) groups is 1. The van der Waals surface area contributed by atoms with E-state index in [1.165, 1.54) is 74.0 Å². The number of nitrogens with one attached hydrogen (secondary N) is 1. The summed E-state index contributed by atoms with van der Waals surface area (Å²) in [5.41, 5.74) is 1.43. The van der Waals surface area contributed by atoms with Gasteiger partial charge >= 0.3 is 0 Å². The maximum Gasteiger partial charge on any atom is 0.217 e. The number of hydrogen-bond donors (Lipinski definition) is 1. The molecule has 4 heteroatoms. The number of hydrogen-bond acceptors (Lipinski definition) is 2. The molecular formula is C25H47NO2Si. The van der Waals surface area contributed by atoms with Gasteiger partial charge < -0.3 is 9.73 Å². The largest absolute Gasteiger partial charge is 0.474 e. The lowest BCUT2D eigenvalue weighted by Gasteiger charge is -2.27. The van der Waals surface area contributed by atoms with Gasteiger partial charge in [-0.05, 0) is 37.3 Å². The minimum atomic E-state index is -1.47. The predicted octanol–water partition coefficient (Wildman–Crippen LogP) is 6.96. The average molecular weight is 422 g/mol. The predicted molar refractivity (Wildman–Crippen MR) is 129 cm³/mol. The Hall–Kier alpha value is -1.03. The summed E-state index contributed by atoms with van der Waals surface area (Å²) >= 11 is 0. The molecule has 0 bridgehead atoms. The molecule has 168 valence electrons. The Morgan fingerprint density at radius 2 is 1.52 bits per heavy atom. The summed E-state index contributed by atoms with van der Waals surface area (Å²) in [6.07, 6.45) is 15.5. The van der Waals surface area contributed by atoms with Crippen LogP contribution in [0.15, 0.2) is 16.7 Å². The SMILES string of the molecule is CCCCCCCCCC(CCCc1ccoc1[Si](CC)(CC)CC)NC(C)=O. The van der Waals surface area contributed by atoms with Crippen molar-refractivity contribution in [3.05, 3.63) is 17.9 Å². The van der Waals surface area contributed by atoms with E-state index in [1.807, 2.05) is 6.26 Å². The van der Waals surface area contributed by atoms with Crippen LogP contribution in [-0.2, 0) is 11.2 Å². The van der Waals surface area contributed by atoms with Gasteiger partial charge in [0.15, 0.2) is 0 Å². The Morgan fingerprint density at radius 1 is 0.931 bits per heavy atom. The molecule has 0 aromatic carbocycles. The monoisotopic (exact) mass is 421 g/mol. The van der Waals surface area contributed by atoms with Crippen LogP contribution in [-0.4, -0.2) is 20.0 Å². The fourth-order valence-electron chi connectivity index (χ4n) is 4.69. The molecule has 1 heterocycles. The highest BCUT2D eigenvalue weighted by molar-refractivity contribution is 6.91. The summed E-state index contributed by atoms with van der Waals surface area (Å²) in [5, 5.41) is 4.54. The molecule has 1 aromatic heterocycles. The van der Waals surface area contributed by atoms with Crippen molar-refractivity contribution in [1.29, 1.82) is 0 Å². The summed E-state index contributed by atoms with van der Waals surface area (Å²) in [7, 11) is -1.47. The van der Waals surface area contributed by atoms with E-state index >= 15 is 0 Å². The van der Waals surface area contributed by atoms with Crippen molar-refractivity contribution in [1.82, 2.24) is 5.32 Å². The molecule has 1 unspecified atom stereocenters. The maximum atomic E-state index is 11.6. The standard InChI is InChI=1S/C25H47NO2Si/c1-6-10-11-12-13-14-15-18-24(26-22(5)27)19-16-17-23-20-21-28-25(23)29(7-2,8-3)9-4/h20-21,24H,6-19H2,1-5H3,(H,26,27). The molecule has 0 aliphatic rings. The van der Waals surface area contributed by atoms with Crippen molar-refractivity contribution >= 4 is 19.4 Å². The first-order valence-electron chi connectivity index (χ1n) is 12.4. The number of aryl methyl sites for hydroxylation is 1. The number of furan rings is 1. The first-order chi connectivity index (χ1) is 14.0. The molecule has 0 aliphatic heterocycles. The Morgan fingerprint density at radius 3 is 2.10 bits per heavy atom. The van der Waals surface area contributed by atoms with Gasteiger partial charge in [-0.3, -0.25) is 4.79 Å². The Kier molecular flexibility index (Phi) is 13.3. The number of unbranched alkanes of at least 4 members (excludes halogenated alkanes) is 6. The van der Waals surface area contributed by atoms with Gasteiger partial charge in [0.2, 0.25) is 5.91 Å². The summed E-state index contributed by atoms with van der Waals surface area (Å²) in [6, 6.07) is 6.29. The lowest BCUT2D eigenvalue weighted by Crippen LogP contribution is -2.46. The van der Waals surface area contributed by atoms with Crippen LogP contribution in [0.3, 0.4) is 0 Å². The molecule has 0 spiro atoms. The summed E-state index contributed by atoms with van der Waals surface area (Å²) in [6.45, 7) is 10.9. The third-order valence-corrected chi connectivity index (χ3v) is 12.3. The highest BCUT2D eigenvalue weighted by Crippen LogP contribution is 2.23. The van der Waals surface area contributed by atoms with E-state index in [2.05, 4.69) is 39.1 Å². The van der Waals surface area contributed by atoms with Crippen LogP contribution >= 0.6 is 0 Å². The van der Waals surface area contributed by atoms with Gasteiger partial charge in [0.25, 0.3) is 0 Å². The summed E-state index contributed by atoms with van der Waals surface area (Å²) in [5.74, 6) is 0.108. The Balaban J connectivity index is 2.49. The van der Waals surface area contributed by atoms with E-state index in [0.717, 1.165) is 25.7 Å². The smallest absolute Gasteiger partial charge is 0.217 e. The zero-order chi connectivity index (χ0) is 21.5. The van der Waals surface area contributed by atoms with Crippen molar-refractivity contribution in [3.63, 3.8) is 0 Å². The molecule has 1 N–H and O–H groups in total. The second-order valence-electron chi connectivity index (χ2n) is 8.82. The molecule has 0 saturated heterocycles. The van der Waals surface area contributed by atoms with E-state index < -0.39 is 8.07 Å². The van der Waals surface area contributed by atoms with Crippen molar-refractivity contribution < 1.29 is 9.21 Å². The van der Waals surface area contributed by atoms with E-state index in [0.29, 0.717) is 6.04 Å². The first kappa shape index (κ1) is 26.0. The van der Waals surface area contributed by atoms with Crippen molar-refractivity contribution in [2.24, 2.45) is 0 Å². The normalized spacial score (nSPS) is 12.9. The highest BCUT2D eigenvalue weighted by Gasteiger charge is 2.34. The topological polar surface area (TPSA) is 42.2 Å². The number of rotatable bonds is 17. The van der Waals surface area contributed by atoms with E-state index in [9.17, 15) is 4.79 Å². The molecule has 1 amide bonds. The fourth-order valence-corrected chi connectivity index (χ4v) is 8.36. The highest BCUT2D eigenvalue weighted by atomic mass is 28.3. The van der Waals surface area contributed by atoms with Gasteiger partial charge in [-0.15, -0.1) is 0 Å². The second kappa shape index (κ2) is 14.9. The molecule has 1 aromatic rings. The van der Waals surface area contributed by atoms with E-state index in [-0.39, 0.29) is 5.91 Å². The fraction of sp³-hybridized carbons (Fsp3) is 0.800. The molecule has 3 nitrogen and oxygen atoms in total.